The minimum atomic E-state index is -0.225. The van der Waals surface area contributed by atoms with Gasteiger partial charge in [0, 0.05) is 0 Å². The average molecular weight is 342 g/mol. The molecule has 2 aromatic carbocycles. The van der Waals surface area contributed by atoms with Crippen molar-refractivity contribution in [2.45, 2.75) is 6.54 Å². The van der Waals surface area contributed by atoms with E-state index in [4.69, 9.17) is 14.2 Å². The molecule has 130 valence electrons. The number of methoxy groups -OCH3 is 3. The summed E-state index contributed by atoms with van der Waals surface area (Å²) in [7, 11) is 4.48. The molecule has 7 nitrogen and oxygen atoms in total. The smallest absolute Gasteiger partial charge is 0.261 e. The molecule has 3 rings (SSSR count). The van der Waals surface area contributed by atoms with Crippen LogP contribution in [0.1, 0.15) is 5.56 Å². The number of benzene rings is 2. The van der Waals surface area contributed by atoms with E-state index in [1.54, 1.807) is 30.3 Å². The Morgan fingerprint density at radius 3 is 2.32 bits per heavy atom. The summed E-state index contributed by atoms with van der Waals surface area (Å²) in [5.41, 5.74) is 1.05. The predicted octanol–water partition coefficient (Wildman–Crippen LogP) is 2.18. The van der Waals surface area contributed by atoms with Crippen molar-refractivity contribution in [1.29, 1.82) is 0 Å². The van der Waals surface area contributed by atoms with Gasteiger partial charge in [-0.3, -0.25) is 9.36 Å². The molecule has 0 atom stereocenters. The van der Waals surface area contributed by atoms with Crippen LogP contribution in [0.15, 0.2) is 41.5 Å². The Balaban J connectivity index is 2.16. The molecule has 0 fully saturated rings. The summed E-state index contributed by atoms with van der Waals surface area (Å²) in [6, 6.07) is 8.25. The standard InChI is InChI=1S/C18H18N2O5/c1-23-14-8-13-15(17(25-3)16(14)24-2)19-10-20(18(13)22)9-11-4-6-12(21)7-5-11/h4-8,10,21H,9H2,1-3H3. The van der Waals surface area contributed by atoms with Gasteiger partial charge in [0.05, 0.1) is 39.6 Å². The Morgan fingerprint density at radius 2 is 1.72 bits per heavy atom. The number of aromatic nitrogens is 2. The Labute approximate surface area is 144 Å². The summed E-state index contributed by atoms with van der Waals surface area (Å²) in [5.74, 6) is 1.31. The van der Waals surface area contributed by atoms with Crippen LogP contribution in [-0.4, -0.2) is 36.0 Å². The number of phenolic OH excluding ortho intramolecular Hbond substituents is 1. The van der Waals surface area contributed by atoms with Gasteiger partial charge in [0.25, 0.3) is 5.56 Å². The van der Waals surface area contributed by atoms with Gasteiger partial charge in [0.1, 0.15) is 11.3 Å². The Morgan fingerprint density at radius 1 is 1.04 bits per heavy atom. The van der Waals surface area contributed by atoms with E-state index in [1.165, 1.54) is 32.2 Å². The second kappa shape index (κ2) is 6.72. The summed E-state index contributed by atoms with van der Waals surface area (Å²) in [6.45, 7) is 0.332. The molecule has 0 aliphatic heterocycles. The highest BCUT2D eigenvalue weighted by Crippen LogP contribution is 2.41. The van der Waals surface area contributed by atoms with E-state index in [9.17, 15) is 9.90 Å². The van der Waals surface area contributed by atoms with Crippen LogP contribution in [0.4, 0.5) is 0 Å². The fraction of sp³-hybridized carbons (Fsp3) is 0.222. The molecule has 0 saturated carbocycles. The van der Waals surface area contributed by atoms with E-state index >= 15 is 0 Å². The quantitative estimate of drug-likeness (QED) is 0.765. The van der Waals surface area contributed by atoms with Crippen LogP contribution in [0.5, 0.6) is 23.0 Å². The van der Waals surface area contributed by atoms with Crippen molar-refractivity contribution in [3.8, 4) is 23.0 Å². The lowest BCUT2D eigenvalue weighted by Gasteiger charge is -2.15. The van der Waals surface area contributed by atoms with E-state index in [0.29, 0.717) is 34.7 Å². The van der Waals surface area contributed by atoms with Gasteiger partial charge in [-0.05, 0) is 23.8 Å². The zero-order valence-electron chi connectivity index (χ0n) is 14.1. The largest absolute Gasteiger partial charge is 0.508 e. The van der Waals surface area contributed by atoms with Crippen LogP contribution >= 0.6 is 0 Å². The zero-order chi connectivity index (χ0) is 18.0. The lowest BCUT2D eigenvalue weighted by molar-refractivity contribution is 0.326. The summed E-state index contributed by atoms with van der Waals surface area (Å²) in [5, 5.41) is 9.73. The first-order valence-corrected chi connectivity index (χ1v) is 7.55. The van der Waals surface area contributed by atoms with Gasteiger partial charge in [0.15, 0.2) is 11.5 Å². The average Bonchev–Trinajstić information content (AvgIpc) is 2.64. The molecule has 0 unspecified atom stereocenters. The van der Waals surface area contributed by atoms with Crippen LogP contribution < -0.4 is 19.8 Å². The minimum absolute atomic E-state index is 0.175. The van der Waals surface area contributed by atoms with Crippen molar-refractivity contribution in [1.82, 2.24) is 9.55 Å². The van der Waals surface area contributed by atoms with E-state index in [0.717, 1.165) is 5.56 Å². The van der Waals surface area contributed by atoms with Crippen LogP contribution in [-0.2, 0) is 6.54 Å². The number of hydrogen-bond donors (Lipinski definition) is 1. The van der Waals surface area contributed by atoms with Gasteiger partial charge in [-0.25, -0.2) is 4.98 Å². The van der Waals surface area contributed by atoms with E-state index in [-0.39, 0.29) is 11.3 Å². The van der Waals surface area contributed by atoms with Crippen LogP contribution in [0, 0.1) is 0 Å². The maximum absolute atomic E-state index is 12.9. The van der Waals surface area contributed by atoms with Crippen LogP contribution in [0.3, 0.4) is 0 Å². The van der Waals surface area contributed by atoms with Crippen molar-refractivity contribution < 1.29 is 19.3 Å². The SMILES string of the molecule is COc1cc2c(=O)n(Cc3ccc(O)cc3)cnc2c(OC)c1OC. The molecular formula is C18H18N2O5. The van der Waals surface area contributed by atoms with Crippen LogP contribution in [0.25, 0.3) is 10.9 Å². The first kappa shape index (κ1) is 16.6. The summed E-state index contributed by atoms with van der Waals surface area (Å²) in [6.07, 6.45) is 1.46. The molecule has 7 heteroatoms. The molecule has 0 spiro atoms. The highest BCUT2D eigenvalue weighted by atomic mass is 16.5. The second-order valence-electron chi connectivity index (χ2n) is 5.39. The molecule has 0 radical (unpaired) electrons. The molecule has 0 aliphatic carbocycles. The van der Waals surface area contributed by atoms with E-state index in [2.05, 4.69) is 4.98 Å². The van der Waals surface area contributed by atoms with Crippen molar-refractivity contribution in [3.05, 3.63) is 52.6 Å². The van der Waals surface area contributed by atoms with Crippen molar-refractivity contribution in [3.63, 3.8) is 0 Å². The number of ether oxygens (including phenoxy) is 3. The van der Waals surface area contributed by atoms with E-state index < -0.39 is 0 Å². The molecule has 0 amide bonds. The monoisotopic (exact) mass is 342 g/mol. The molecular weight excluding hydrogens is 324 g/mol. The number of fused-ring (bicyclic) bond motifs is 1. The Kier molecular flexibility index (Phi) is 4.47. The number of rotatable bonds is 5. The molecule has 1 aromatic heterocycles. The molecule has 0 aliphatic rings. The molecule has 0 bridgehead atoms. The van der Waals surface area contributed by atoms with Gasteiger partial charge < -0.3 is 19.3 Å². The third kappa shape index (κ3) is 2.96. The van der Waals surface area contributed by atoms with Crippen molar-refractivity contribution >= 4 is 10.9 Å². The third-order valence-electron chi connectivity index (χ3n) is 3.91. The fourth-order valence-corrected chi connectivity index (χ4v) is 2.68. The summed E-state index contributed by atoms with van der Waals surface area (Å²) >= 11 is 0. The number of hydrogen-bond acceptors (Lipinski definition) is 6. The van der Waals surface area contributed by atoms with E-state index in [1.807, 2.05) is 0 Å². The number of nitrogens with zero attached hydrogens (tertiary/aromatic N) is 2. The van der Waals surface area contributed by atoms with Crippen molar-refractivity contribution in [2.75, 3.05) is 21.3 Å². The normalized spacial score (nSPS) is 10.7. The lowest BCUT2D eigenvalue weighted by Crippen LogP contribution is -2.21. The molecule has 1 N–H and O–H groups in total. The van der Waals surface area contributed by atoms with Gasteiger partial charge in [0.2, 0.25) is 5.75 Å². The maximum Gasteiger partial charge on any atom is 0.261 e. The summed E-state index contributed by atoms with van der Waals surface area (Å²) in [4.78, 5) is 17.2. The minimum Gasteiger partial charge on any atom is -0.508 e. The number of aromatic hydroxyl groups is 1. The van der Waals surface area contributed by atoms with Gasteiger partial charge >= 0.3 is 0 Å². The molecule has 3 aromatic rings. The molecule has 1 heterocycles. The third-order valence-corrected chi connectivity index (χ3v) is 3.91. The Bertz CT molecular complexity index is 964. The topological polar surface area (TPSA) is 82.8 Å². The zero-order valence-corrected chi connectivity index (χ0v) is 14.1. The fourth-order valence-electron chi connectivity index (χ4n) is 2.68. The lowest BCUT2D eigenvalue weighted by atomic mass is 10.2. The van der Waals surface area contributed by atoms with Gasteiger partial charge in [-0.2, -0.15) is 0 Å². The summed E-state index contributed by atoms with van der Waals surface area (Å²) < 4.78 is 17.5. The highest BCUT2D eigenvalue weighted by molar-refractivity contribution is 5.89. The van der Waals surface area contributed by atoms with Gasteiger partial charge in [-0.1, -0.05) is 12.1 Å². The first-order valence-electron chi connectivity index (χ1n) is 7.55. The van der Waals surface area contributed by atoms with Crippen molar-refractivity contribution in [2.24, 2.45) is 0 Å². The molecule has 0 saturated heterocycles. The number of phenols is 1. The van der Waals surface area contributed by atoms with Gasteiger partial charge in [-0.15, -0.1) is 0 Å². The Hall–Kier alpha value is -3.22. The molecule has 25 heavy (non-hydrogen) atoms. The highest BCUT2D eigenvalue weighted by Gasteiger charge is 2.19. The predicted molar refractivity (Wildman–Crippen MR) is 92.9 cm³/mol. The maximum atomic E-state index is 12.9. The first-order chi connectivity index (χ1) is 12.1. The van der Waals surface area contributed by atoms with Crippen LogP contribution in [0.2, 0.25) is 0 Å². The second-order valence-corrected chi connectivity index (χ2v) is 5.39.